The maximum absolute atomic E-state index is 11.8. The highest BCUT2D eigenvalue weighted by molar-refractivity contribution is 7.90. The Morgan fingerprint density at radius 2 is 1.53 bits per heavy atom. The Labute approximate surface area is 99.6 Å². The SMILES string of the molecule is O=C1CCC(=O)N1C1CN(S(=O)(=O)C2CC2)C1. The maximum Gasteiger partial charge on any atom is 0.230 e. The summed E-state index contributed by atoms with van der Waals surface area (Å²) in [5, 5.41) is -0.214. The first-order valence-corrected chi connectivity index (χ1v) is 7.34. The van der Waals surface area contributed by atoms with E-state index in [1.54, 1.807) is 0 Å². The van der Waals surface area contributed by atoms with Crippen molar-refractivity contribution in [3.63, 3.8) is 0 Å². The second kappa shape index (κ2) is 3.52. The van der Waals surface area contributed by atoms with Gasteiger partial charge < -0.3 is 0 Å². The molecule has 0 radical (unpaired) electrons. The highest BCUT2D eigenvalue weighted by atomic mass is 32.2. The summed E-state index contributed by atoms with van der Waals surface area (Å²) < 4.78 is 25.1. The fourth-order valence-electron chi connectivity index (χ4n) is 2.37. The fraction of sp³-hybridized carbons (Fsp3) is 0.800. The van der Waals surface area contributed by atoms with Crippen LogP contribution >= 0.6 is 0 Å². The summed E-state index contributed by atoms with van der Waals surface area (Å²) >= 11 is 0. The van der Waals surface area contributed by atoms with Gasteiger partial charge in [0.15, 0.2) is 0 Å². The molecule has 3 fully saturated rings. The molecule has 2 amide bonds. The minimum Gasteiger partial charge on any atom is -0.277 e. The molecule has 6 nitrogen and oxygen atoms in total. The van der Waals surface area contributed by atoms with Crippen LogP contribution in [0.5, 0.6) is 0 Å². The van der Waals surface area contributed by atoms with Gasteiger partial charge in [0.1, 0.15) is 0 Å². The Morgan fingerprint density at radius 3 is 2.00 bits per heavy atom. The monoisotopic (exact) mass is 258 g/mol. The molecular formula is C10H14N2O4S. The maximum atomic E-state index is 11.8. The third kappa shape index (κ3) is 1.68. The average molecular weight is 258 g/mol. The number of likely N-dealkylation sites (tertiary alicyclic amines) is 1. The van der Waals surface area contributed by atoms with Crippen molar-refractivity contribution in [2.24, 2.45) is 0 Å². The highest BCUT2D eigenvalue weighted by Crippen LogP contribution is 2.34. The van der Waals surface area contributed by atoms with Crippen molar-refractivity contribution < 1.29 is 18.0 Å². The van der Waals surface area contributed by atoms with Gasteiger partial charge >= 0.3 is 0 Å². The molecule has 1 saturated carbocycles. The van der Waals surface area contributed by atoms with Gasteiger partial charge in [0.05, 0.1) is 11.3 Å². The Hall–Kier alpha value is -0.950. The Bertz CT molecular complexity index is 461. The lowest BCUT2D eigenvalue weighted by atomic mass is 10.1. The predicted octanol–water partition coefficient (Wildman–Crippen LogP) is -0.688. The van der Waals surface area contributed by atoms with E-state index in [9.17, 15) is 18.0 Å². The van der Waals surface area contributed by atoms with Crippen LogP contribution in [-0.4, -0.2) is 53.8 Å². The zero-order valence-corrected chi connectivity index (χ0v) is 10.1. The van der Waals surface area contributed by atoms with E-state index >= 15 is 0 Å². The summed E-state index contributed by atoms with van der Waals surface area (Å²) in [4.78, 5) is 24.2. The number of nitrogens with zero attached hydrogens (tertiary/aromatic N) is 2. The van der Waals surface area contributed by atoms with Crippen molar-refractivity contribution in [2.75, 3.05) is 13.1 Å². The lowest BCUT2D eigenvalue weighted by molar-refractivity contribution is -0.143. The molecule has 0 N–H and O–H groups in total. The molecule has 0 spiro atoms. The molecule has 17 heavy (non-hydrogen) atoms. The van der Waals surface area contributed by atoms with Crippen molar-refractivity contribution in [1.29, 1.82) is 0 Å². The fourth-order valence-corrected chi connectivity index (χ4v) is 4.28. The lowest BCUT2D eigenvalue weighted by Crippen LogP contribution is -2.62. The zero-order chi connectivity index (χ0) is 12.2. The summed E-state index contributed by atoms with van der Waals surface area (Å²) in [6, 6.07) is -0.231. The third-order valence-electron chi connectivity index (χ3n) is 3.59. The first kappa shape index (κ1) is 11.2. The summed E-state index contributed by atoms with van der Waals surface area (Å²) in [6.07, 6.45) is 2.02. The lowest BCUT2D eigenvalue weighted by Gasteiger charge is -2.41. The first-order chi connectivity index (χ1) is 8.00. The van der Waals surface area contributed by atoms with Crippen LogP contribution in [0.2, 0.25) is 0 Å². The second-order valence-corrected chi connectivity index (χ2v) is 7.09. The van der Waals surface area contributed by atoms with Crippen LogP contribution in [0.4, 0.5) is 0 Å². The second-order valence-electron chi connectivity index (χ2n) is 4.87. The number of carbonyl (C=O) groups is 2. The van der Waals surface area contributed by atoms with Gasteiger partial charge in [-0.1, -0.05) is 0 Å². The van der Waals surface area contributed by atoms with E-state index in [2.05, 4.69) is 0 Å². The van der Waals surface area contributed by atoms with E-state index in [0.29, 0.717) is 0 Å². The Morgan fingerprint density at radius 1 is 1.00 bits per heavy atom. The van der Waals surface area contributed by atoms with Crippen LogP contribution in [0.25, 0.3) is 0 Å². The summed E-state index contributed by atoms with van der Waals surface area (Å²) in [7, 11) is -3.14. The topological polar surface area (TPSA) is 74.8 Å². The predicted molar refractivity (Wildman–Crippen MR) is 58.4 cm³/mol. The van der Waals surface area contributed by atoms with Crippen molar-refractivity contribution in [3.05, 3.63) is 0 Å². The molecule has 0 bridgehead atoms. The summed E-state index contributed by atoms with van der Waals surface area (Å²) in [5.74, 6) is -0.327. The van der Waals surface area contributed by atoms with Gasteiger partial charge in [-0.05, 0) is 12.8 Å². The van der Waals surface area contributed by atoms with Crippen molar-refractivity contribution in [2.45, 2.75) is 37.0 Å². The van der Waals surface area contributed by atoms with Gasteiger partial charge in [0.2, 0.25) is 21.8 Å². The number of rotatable bonds is 3. The molecule has 1 aliphatic carbocycles. The van der Waals surface area contributed by atoms with Crippen LogP contribution in [0.3, 0.4) is 0 Å². The van der Waals surface area contributed by atoms with Crippen LogP contribution in [0, 0.1) is 0 Å². The molecule has 0 aromatic heterocycles. The van der Waals surface area contributed by atoms with Gasteiger partial charge in [-0.3, -0.25) is 14.5 Å². The van der Waals surface area contributed by atoms with Crippen LogP contribution in [0.15, 0.2) is 0 Å². The van der Waals surface area contributed by atoms with E-state index in [1.807, 2.05) is 0 Å². The van der Waals surface area contributed by atoms with Crippen molar-refractivity contribution in [1.82, 2.24) is 9.21 Å². The highest BCUT2D eigenvalue weighted by Gasteiger charge is 2.49. The van der Waals surface area contributed by atoms with E-state index < -0.39 is 10.0 Å². The molecular weight excluding hydrogens is 244 g/mol. The van der Waals surface area contributed by atoms with Gasteiger partial charge in [0, 0.05) is 25.9 Å². The minimum absolute atomic E-state index is 0.163. The quantitative estimate of drug-likeness (QED) is 0.628. The molecule has 0 aromatic carbocycles. The van der Waals surface area contributed by atoms with E-state index in [-0.39, 0.29) is 49.0 Å². The largest absolute Gasteiger partial charge is 0.277 e. The Balaban J connectivity index is 1.65. The average Bonchev–Trinajstić information content (AvgIpc) is 2.97. The third-order valence-corrected chi connectivity index (χ3v) is 5.92. The molecule has 7 heteroatoms. The van der Waals surface area contributed by atoms with E-state index in [4.69, 9.17) is 0 Å². The number of hydrogen-bond donors (Lipinski definition) is 0. The minimum atomic E-state index is -3.14. The smallest absolute Gasteiger partial charge is 0.230 e. The molecule has 0 atom stereocenters. The number of carbonyl (C=O) groups excluding carboxylic acids is 2. The summed E-state index contributed by atoms with van der Waals surface area (Å²) in [6.45, 7) is 0.576. The normalized spacial score (nSPS) is 27.6. The standard InChI is InChI=1S/C10H14N2O4S/c13-9-3-4-10(14)12(9)7-5-11(6-7)17(15,16)8-1-2-8/h7-8H,1-6H2. The molecule has 0 unspecified atom stereocenters. The molecule has 3 rings (SSSR count). The number of hydrogen-bond acceptors (Lipinski definition) is 4. The molecule has 2 heterocycles. The number of amides is 2. The molecule has 2 saturated heterocycles. The van der Waals surface area contributed by atoms with Gasteiger partial charge in [-0.15, -0.1) is 0 Å². The van der Waals surface area contributed by atoms with Gasteiger partial charge in [-0.25, -0.2) is 8.42 Å². The van der Waals surface area contributed by atoms with Gasteiger partial charge in [-0.2, -0.15) is 4.31 Å². The molecule has 2 aliphatic heterocycles. The van der Waals surface area contributed by atoms with Gasteiger partial charge in [0.25, 0.3) is 0 Å². The molecule has 94 valence electrons. The van der Waals surface area contributed by atoms with E-state index in [1.165, 1.54) is 9.21 Å². The van der Waals surface area contributed by atoms with Crippen LogP contribution in [0.1, 0.15) is 25.7 Å². The molecule has 0 aromatic rings. The van der Waals surface area contributed by atoms with E-state index in [0.717, 1.165) is 12.8 Å². The van der Waals surface area contributed by atoms with Crippen LogP contribution < -0.4 is 0 Å². The van der Waals surface area contributed by atoms with Crippen molar-refractivity contribution in [3.8, 4) is 0 Å². The number of sulfonamides is 1. The van der Waals surface area contributed by atoms with Crippen LogP contribution in [-0.2, 0) is 19.6 Å². The first-order valence-electron chi connectivity index (χ1n) is 5.84. The summed E-state index contributed by atoms with van der Waals surface area (Å²) in [5.41, 5.74) is 0. The number of imide groups is 1. The zero-order valence-electron chi connectivity index (χ0n) is 9.33. The van der Waals surface area contributed by atoms with Crippen molar-refractivity contribution >= 4 is 21.8 Å². The Kier molecular flexibility index (Phi) is 2.31. The molecule has 3 aliphatic rings.